The Morgan fingerprint density at radius 3 is 2.44 bits per heavy atom. The summed E-state index contributed by atoms with van der Waals surface area (Å²) in [7, 11) is 0. The number of nitrogens with zero attached hydrogens (tertiary/aromatic N) is 2. The van der Waals surface area contributed by atoms with Gasteiger partial charge >= 0.3 is 0 Å². The molecule has 2 fully saturated rings. The van der Waals surface area contributed by atoms with E-state index in [1.807, 2.05) is 0 Å². The fourth-order valence-electron chi connectivity index (χ4n) is 3.36. The van der Waals surface area contributed by atoms with Gasteiger partial charge in [-0.05, 0) is 52.5 Å². The van der Waals surface area contributed by atoms with E-state index in [0.29, 0.717) is 25.2 Å². The molecule has 2 heterocycles. The number of hydrogen-bond acceptors (Lipinski definition) is 3. The molecule has 0 bridgehead atoms. The highest BCUT2D eigenvalue weighted by atomic mass is 16.3. The van der Waals surface area contributed by atoms with Gasteiger partial charge in [0, 0.05) is 18.6 Å². The molecule has 1 amide bonds. The Bertz CT molecular complexity index is 286. The van der Waals surface area contributed by atoms with Crippen LogP contribution in [0.3, 0.4) is 0 Å². The third-order valence-electron chi connectivity index (χ3n) is 4.32. The zero-order chi connectivity index (χ0) is 13.1. The first-order valence-corrected chi connectivity index (χ1v) is 7.29. The Morgan fingerprint density at radius 1 is 1.17 bits per heavy atom. The molecule has 3 atom stereocenters. The second-order valence-corrected chi connectivity index (χ2v) is 5.96. The molecule has 0 aliphatic carbocycles. The van der Waals surface area contributed by atoms with Crippen LogP contribution in [0.15, 0.2) is 0 Å². The molecule has 0 aromatic heterocycles. The maximum Gasteiger partial charge on any atom is 0.237 e. The van der Waals surface area contributed by atoms with Crippen molar-refractivity contribution < 1.29 is 9.90 Å². The van der Waals surface area contributed by atoms with Crippen molar-refractivity contribution in [3.05, 3.63) is 0 Å². The molecule has 0 radical (unpaired) electrons. The number of hydrogen-bond donors (Lipinski definition) is 1. The number of amides is 1. The lowest BCUT2D eigenvalue weighted by Gasteiger charge is -2.40. The van der Waals surface area contributed by atoms with Gasteiger partial charge in [-0.15, -0.1) is 0 Å². The number of piperidine rings is 2. The SMILES string of the molecule is CC1CCCC(C)N1C(=O)CN1CCC[C@H](O)C1. The standard InChI is InChI=1S/C14H26N2O2/c1-11-5-3-6-12(2)16(11)14(18)10-15-8-4-7-13(17)9-15/h11-13,17H,3-10H2,1-2H3/t11?,12?,13-/m0/s1. The number of likely N-dealkylation sites (tertiary alicyclic amines) is 2. The molecular weight excluding hydrogens is 228 g/mol. The van der Waals surface area contributed by atoms with Crippen LogP contribution in [-0.4, -0.2) is 58.6 Å². The summed E-state index contributed by atoms with van der Waals surface area (Å²) in [4.78, 5) is 16.6. The van der Waals surface area contributed by atoms with E-state index in [0.717, 1.165) is 32.2 Å². The zero-order valence-corrected chi connectivity index (χ0v) is 11.6. The molecule has 2 rings (SSSR count). The number of carbonyl (C=O) groups is 1. The lowest BCUT2D eigenvalue weighted by molar-refractivity contribution is -0.139. The van der Waals surface area contributed by atoms with Crippen molar-refractivity contribution in [2.45, 2.75) is 64.1 Å². The number of rotatable bonds is 2. The number of aliphatic hydroxyl groups is 1. The van der Waals surface area contributed by atoms with Gasteiger partial charge in [0.05, 0.1) is 12.6 Å². The minimum atomic E-state index is -0.247. The van der Waals surface area contributed by atoms with Gasteiger partial charge in [-0.25, -0.2) is 0 Å². The van der Waals surface area contributed by atoms with E-state index in [4.69, 9.17) is 0 Å². The van der Waals surface area contributed by atoms with E-state index in [1.54, 1.807) is 0 Å². The van der Waals surface area contributed by atoms with Crippen LogP contribution in [0.2, 0.25) is 0 Å². The topological polar surface area (TPSA) is 43.8 Å². The first-order valence-electron chi connectivity index (χ1n) is 7.29. The Hall–Kier alpha value is -0.610. The Balaban J connectivity index is 1.89. The highest BCUT2D eigenvalue weighted by Crippen LogP contribution is 2.23. The molecular formula is C14H26N2O2. The second kappa shape index (κ2) is 6.02. The Labute approximate surface area is 110 Å². The van der Waals surface area contributed by atoms with Crippen LogP contribution < -0.4 is 0 Å². The highest BCUT2D eigenvalue weighted by Gasteiger charge is 2.30. The lowest BCUT2D eigenvalue weighted by atomic mass is 9.97. The van der Waals surface area contributed by atoms with E-state index in [2.05, 4.69) is 23.6 Å². The average Bonchev–Trinajstić information content (AvgIpc) is 2.28. The second-order valence-electron chi connectivity index (χ2n) is 5.96. The summed E-state index contributed by atoms with van der Waals surface area (Å²) in [6.45, 7) is 6.38. The normalized spacial score (nSPS) is 34.6. The molecule has 2 saturated heterocycles. The number of carbonyl (C=O) groups excluding carboxylic acids is 1. The van der Waals surface area contributed by atoms with Crippen LogP contribution in [0.25, 0.3) is 0 Å². The summed E-state index contributed by atoms with van der Waals surface area (Å²) < 4.78 is 0. The minimum absolute atomic E-state index is 0.240. The van der Waals surface area contributed by atoms with Crippen LogP contribution in [0.4, 0.5) is 0 Å². The van der Waals surface area contributed by atoms with Crippen LogP contribution in [-0.2, 0) is 4.79 Å². The van der Waals surface area contributed by atoms with Crippen LogP contribution in [0.5, 0.6) is 0 Å². The van der Waals surface area contributed by atoms with Crippen molar-refractivity contribution in [1.29, 1.82) is 0 Å². The van der Waals surface area contributed by atoms with Crippen LogP contribution in [0.1, 0.15) is 46.0 Å². The van der Waals surface area contributed by atoms with Crippen molar-refractivity contribution in [3.8, 4) is 0 Å². The molecule has 2 unspecified atom stereocenters. The van der Waals surface area contributed by atoms with Crippen molar-refractivity contribution in [2.24, 2.45) is 0 Å². The lowest BCUT2D eigenvalue weighted by Crippen LogP contribution is -2.52. The summed E-state index contributed by atoms with van der Waals surface area (Å²) >= 11 is 0. The van der Waals surface area contributed by atoms with E-state index in [-0.39, 0.29) is 12.0 Å². The summed E-state index contributed by atoms with van der Waals surface area (Å²) in [5.41, 5.74) is 0. The fourth-order valence-corrected chi connectivity index (χ4v) is 3.36. The van der Waals surface area contributed by atoms with E-state index >= 15 is 0 Å². The van der Waals surface area contributed by atoms with Gasteiger partial charge in [0.25, 0.3) is 0 Å². The molecule has 0 aromatic rings. The van der Waals surface area contributed by atoms with Crippen LogP contribution >= 0.6 is 0 Å². The summed E-state index contributed by atoms with van der Waals surface area (Å²) in [5.74, 6) is 0.240. The van der Waals surface area contributed by atoms with Gasteiger partial charge in [0.1, 0.15) is 0 Å². The predicted octanol–water partition coefficient (Wildman–Crippen LogP) is 1.23. The molecule has 2 aliphatic rings. The highest BCUT2D eigenvalue weighted by molar-refractivity contribution is 5.79. The summed E-state index contributed by atoms with van der Waals surface area (Å²) in [6, 6.07) is 0.743. The van der Waals surface area contributed by atoms with Gasteiger partial charge in [-0.1, -0.05) is 0 Å². The maximum absolute atomic E-state index is 12.4. The maximum atomic E-state index is 12.4. The quantitative estimate of drug-likeness (QED) is 0.806. The third-order valence-corrected chi connectivity index (χ3v) is 4.32. The molecule has 18 heavy (non-hydrogen) atoms. The summed E-state index contributed by atoms with van der Waals surface area (Å²) in [6.07, 6.45) is 5.11. The molecule has 4 heteroatoms. The molecule has 0 aromatic carbocycles. The molecule has 2 aliphatic heterocycles. The van der Waals surface area contributed by atoms with Crippen molar-refractivity contribution in [3.63, 3.8) is 0 Å². The first-order chi connectivity index (χ1) is 8.58. The van der Waals surface area contributed by atoms with Gasteiger partial charge < -0.3 is 10.0 Å². The Morgan fingerprint density at radius 2 is 1.83 bits per heavy atom. The smallest absolute Gasteiger partial charge is 0.237 e. The van der Waals surface area contributed by atoms with Crippen molar-refractivity contribution in [1.82, 2.24) is 9.80 Å². The molecule has 4 nitrogen and oxygen atoms in total. The number of aliphatic hydroxyl groups excluding tert-OH is 1. The largest absolute Gasteiger partial charge is 0.392 e. The summed E-state index contributed by atoms with van der Waals surface area (Å²) in [5, 5.41) is 9.64. The molecule has 0 spiro atoms. The first kappa shape index (κ1) is 13.8. The van der Waals surface area contributed by atoms with E-state index in [9.17, 15) is 9.90 Å². The molecule has 104 valence electrons. The molecule has 0 saturated carbocycles. The van der Waals surface area contributed by atoms with Gasteiger partial charge in [-0.2, -0.15) is 0 Å². The van der Waals surface area contributed by atoms with Crippen molar-refractivity contribution in [2.75, 3.05) is 19.6 Å². The monoisotopic (exact) mass is 254 g/mol. The minimum Gasteiger partial charge on any atom is -0.392 e. The van der Waals surface area contributed by atoms with Gasteiger partial charge in [0.2, 0.25) is 5.91 Å². The van der Waals surface area contributed by atoms with E-state index in [1.165, 1.54) is 6.42 Å². The predicted molar refractivity (Wildman–Crippen MR) is 71.3 cm³/mol. The van der Waals surface area contributed by atoms with Gasteiger partial charge in [-0.3, -0.25) is 9.69 Å². The zero-order valence-electron chi connectivity index (χ0n) is 11.6. The molecule has 1 N–H and O–H groups in total. The Kier molecular flexibility index (Phi) is 4.62. The van der Waals surface area contributed by atoms with Gasteiger partial charge in [0.15, 0.2) is 0 Å². The fraction of sp³-hybridized carbons (Fsp3) is 0.929. The average molecular weight is 254 g/mol. The number of β-amino-alcohol motifs (C(OH)–C–C–N with tert-alkyl or cyclic N) is 1. The van der Waals surface area contributed by atoms with Crippen LogP contribution in [0, 0.1) is 0 Å². The third kappa shape index (κ3) is 3.23. The van der Waals surface area contributed by atoms with Crippen molar-refractivity contribution >= 4 is 5.91 Å². The van der Waals surface area contributed by atoms with E-state index < -0.39 is 0 Å².